The molecule has 2 heteroatoms. The molecule has 0 bridgehead atoms. The Kier molecular flexibility index (Phi) is 3.80. The number of para-hydroxylation sites is 1. The fraction of sp³-hybridized carbons (Fsp3) is 0.263. The van der Waals surface area contributed by atoms with Crippen molar-refractivity contribution in [1.29, 1.82) is 0 Å². The van der Waals surface area contributed by atoms with Gasteiger partial charge < -0.3 is 9.73 Å². The second-order valence-electron chi connectivity index (χ2n) is 5.61. The Morgan fingerprint density at radius 2 is 1.76 bits per heavy atom. The van der Waals surface area contributed by atoms with Crippen LogP contribution >= 0.6 is 0 Å². The van der Waals surface area contributed by atoms with Crippen molar-refractivity contribution in [2.45, 2.75) is 25.8 Å². The Morgan fingerprint density at radius 3 is 2.43 bits per heavy atom. The average Bonchev–Trinajstić information content (AvgIpc) is 2.94. The molecular weight excluding hydrogens is 258 g/mol. The van der Waals surface area contributed by atoms with Crippen LogP contribution < -0.4 is 5.32 Å². The first kappa shape index (κ1) is 13.9. The lowest BCUT2D eigenvalue weighted by Crippen LogP contribution is -2.21. The van der Waals surface area contributed by atoms with E-state index in [1.54, 1.807) is 0 Å². The van der Waals surface area contributed by atoms with Gasteiger partial charge in [-0.25, -0.2) is 0 Å². The van der Waals surface area contributed by atoms with Crippen LogP contribution in [0.2, 0.25) is 0 Å². The highest BCUT2D eigenvalue weighted by molar-refractivity contribution is 5.81. The van der Waals surface area contributed by atoms with Gasteiger partial charge in [-0.2, -0.15) is 0 Å². The molecule has 2 nitrogen and oxygen atoms in total. The molecule has 108 valence electrons. The van der Waals surface area contributed by atoms with E-state index in [0.29, 0.717) is 5.92 Å². The van der Waals surface area contributed by atoms with Crippen LogP contribution in [0.1, 0.15) is 35.8 Å². The molecule has 0 fully saturated rings. The van der Waals surface area contributed by atoms with Gasteiger partial charge in [0.1, 0.15) is 11.3 Å². The van der Waals surface area contributed by atoms with Crippen molar-refractivity contribution in [1.82, 2.24) is 5.32 Å². The number of hydrogen-bond acceptors (Lipinski definition) is 2. The molecule has 0 radical (unpaired) electrons. The SMILES string of the molecule is CNC(c1cc2cccc(C)c2o1)C(C)c1ccccc1. The maximum atomic E-state index is 6.13. The van der Waals surface area contributed by atoms with Crippen LogP contribution in [-0.2, 0) is 0 Å². The molecule has 0 aliphatic carbocycles. The van der Waals surface area contributed by atoms with E-state index in [1.165, 1.54) is 16.5 Å². The van der Waals surface area contributed by atoms with E-state index in [-0.39, 0.29) is 6.04 Å². The molecule has 0 saturated heterocycles. The summed E-state index contributed by atoms with van der Waals surface area (Å²) in [6, 6.07) is 19.2. The van der Waals surface area contributed by atoms with E-state index < -0.39 is 0 Å². The molecule has 2 atom stereocenters. The van der Waals surface area contributed by atoms with E-state index in [4.69, 9.17) is 4.42 Å². The minimum absolute atomic E-state index is 0.166. The van der Waals surface area contributed by atoms with Gasteiger partial charge in [0.15, 0.2) is 0 Å². The predicted octanol–water partition coefficient (Wildman–Crippen LogP) is 4.81. The summed E-state index contributed by atoms with van der Waals surface area (Å²) in [4.78, 5) is 0. The smallest absolute Gasteiger partial charge is 0.137 e. The standard InChI is InChI=1S/C19H21NO/c1-13-8-7-11-16-12-17(21-19(13)16)18(20-3)14(2)15-9-5-4-6-10-15/h4-12,14,18,20H,1-3H3. The third-order valence-electron chi connectivity index (χ3n) is 4.20. The third-order valence-corrected chi connectivity index (χ3v) is 4.20. The van der Waals surface area contributed by atoms with Crippen LogP contribution in [0.4, 0.5) is 0 Å². The zero-order valence-corrected chi connectivity index (χ0v) is 12.8. The summed E-state index contributed by atoms with van der Waals surface area (Å²) in [5.74, 6) is 1.34. The van der Waals surface area contributed by atoms with Gasteiger partial charge in [-0.3, -0.25) is 0 Å². The summed E-state index contributed by atoms with van der Waals surface area (Å²) in [6.07, 6.45) is 0. The molecule has 0 aliphatic heterocycles. The fourth-order valence-corrected chi connectivity index (χ4v) is 2.97. The first-order valence-corrected chi connectivity index (χ1v) is 7.42. The first-order chi connectivity index (χ1) is 10.2. The molecule has 3 aromatic rings. The summed E-state index contributed by atoms with van der Waals surface area (Å²) < 4.78 is 6.13. The maximum Gasteiger partial charge on any atom is 0.137 e. The third kappa shape index (κ3) is 2.59. The highest BCUT2D eigenvalue weighted by Crippen LogP contribution is 2.34. The minimum atomic E-state index is 0.166. The number of benzene rings is 2. The number of nitrogens with one attached hydrogen (secondary N) is 1. The molecule has 2 unspecified atom stereocenters. The van der Waals surface area contributed by atoms with Gasteiger partial charge in [0.05, 0.1) is 6.04 Å². The largest absolute Gasteiger partial charge is 0.459 e. The van der Waals surface area contributed by atoms with Crippen molar-refractivity contribution in [3.8, 4) is 0 Å². The predicted molar refractivity (Wildman–Crippen MR) is 87.6 cm³/mol. The van der Waals surface area contributed by atoms with Crippen molar-refractivity contribution in [2.75, 3.05) is 7.05 Å². The number of fused-ring (bicyclic) bond motifs is 1. The summed E-state index contributed by atoms with van der Waals surface area (Å²) in [6.45, 7) is 4.32. The fourth-order valence-electron chi connectivity index (χ4n) is 2.97. The van der Waals surface area contributed by atoms with Crippen LogP contribution in [0.5, 0.6) is 0 Å². The van der Waals surface area contributed by atoms with E-state index in [9.17, 15) is 0 Å². The lowest BCUT2D eigenvalue weighted by Gasteiger charge is -2.22. The number of hydrogen-bond donors (Lipinski definition) is 1. The minimum Gasteiger partial charge on any atom is -0.459 e. The molecule has 0 saturated carbocycles. The highest BCUT2D eigenvalue weighted by atomic mass is 16.3. The first-order valence-electron chi connectivity index (χ1n) is 7.42. The number of likely N-dealkylation sites (N-methyl/N-ethyl adjacent to an activating group) is 1. The highest BCUT2D eigenvalue weighted by Gasteiger charge is 2.22. The van der Waals surface area contributed by atoms with E-state index >= 15 is 0 Å². The quantitative estimate of drug-likeness (QED) is 0.741. The van der Waals surface area contributed by atoms with Gasteiger partial charge in [-0.05, 0) is 31.2 Å². The van der Waals surface area contributed by atoms with E-state index in [1.807, 2.05) is 7.05 Å². The van der Waals surface area contributed by atoms with Gasteiger partial charge in [-0.15, -0.1) is 0 Å². The Morgan fingerprint density at radius 1 is 1.00 bits per heavy atom. The van der Waals surface area contributed by atoms with Crippen molar-refractivity contribution in [3.63, 3.8) is 0 Å². The Balaban J connectivity index is 2.00. The van der Waals surface area contributed by atoms with Crippen LogP contribution in [0.15, 0.2) is 59.0 Å². The normalized spacial score (nSPS) is 14.2. The molecule has 2 aromatic carbocycles. The number of rotatable bonds is 4. The van der Waals surface area contributed by atoms with E-state index in [2.05, 4.69) is 73.8 Å². The molecule has 1 aromatic heterocycles. The molecular formula is C19H21NO. The monoisotopic (exact) mass is 279 g/mol. The van der Waals surface area contributed by atoms with Crippen molar-refractivity contribution >= 4 is 11.0 Å². The van der Waals surface area contributed by atoms with Crippen LogP contribution in [-0.4, -0.2) is 7.05 Å². The van der Waals surface area contributed by atoms with Gasteiger partial charge in [0, 0.05) is 11.3 Å². The van der Waals surface area contributed by atoms with Crippen LogP contribution in [0, 0.1) is 6.92 Å². The molecule has 21 heavy (non-hydrogen) atoms. The van der Waals surface area contributed by atoms with Crippen molar-refractivity contribution in [2.24, 2.45) is 0 Å². The lowest BCUT2D eigenvalue weighted by atomic mass is 9.92. The van der Waals surface area contributed by atoms with Gasteiger partial charge in [0.2, 0.25) is 0 Å². The molecule has 0 aliphatic rings. The summed E-state index contributed by atoms with van der Waals surface area (Å²) in [5.41, 5.74) is 3.49. The molecule has 0 amide bonds. The maximum absolute atomic E-state index is 6.13. The number of furan rings is 1. The lowest BCUT2D eigenvalue weighted by molar-refractivity contribution is 0.410. The Bertz CT molecular complexity index is 730. The van der Waals surface area contributed by atoms with Crippen molar-refractivity contribution < 1.29 is 4.42 Å². The summed E-state index contributed by atoms with van der Waals surface area (Å²) in [5, 5.41) is 4.58. The molecule has 1 N–H and O–H groups in total. The number of aryl methyl sites for hydroxylation is 1. The van der Waals surface area contributed by atoms with E-state index in [0.717, 1.165) is 11.3 Å². The second-order valence-corrected chi connectivity index (χ2v) is 5.61. The summed E-state index contributed by atoms with van der Waals surface area (Å²) in [7, 11) is 1.99. The summed E-state index contributed by atoms with van der Waals surface area (Å²) >= 11 is 0. The second kappa shape index (κ2) is 5.74. The zero-order valence-electron chi connectivity index (χ0n) is 12.8. The topological polar surface area (TPSA) is 25.2 Å². The zero-order chi connectivity index (χ0) is 14.8. The van der Waals surface area contributed by atoms with Gasteiger partial charge in [-0.1, -0.05) is 55.5 Å². The Hall–Kier alpha value is -2.06. The van der Waals surface area contributed by atoms with Crippen molar-refractivity contribution in [3.05, 3.63) is 71.5 Å². The molecule has 0 spiro atoms. The molecule has 3 rings (SSSR count). The molecule has 1 heterocycles. The van der Waals surface area contributed by atoms with Gasteiger partial charge >= 0.3 is 0 Å². The van der Waals surface area contributed by atoms with Crippen LogP contribution in [0.25, 0.3) is 11.0 Å². The average molecular weight is 279 g/mol. The Labute approximate surface area is 125 Å². The van der Waals surface area contributed by atoms with Crippen LogP contribution in [0.3, 0.4) is 0 Å². The van der Waals surface area contributed by atoms with Gasteiger partial charge in [0.25, 0.3) is 0 Å².